The van der Waals surface area contributed by atoms with Gasteiger partial charge in [0.2, 0.25) is 0 Å². The number of rotatable bonds is 2. The van der Waals surface area contributed by atoms with Crippen LogP contribution in [0, 0.1) is 0 Å². The molecule has 0 aromatic heterocycles. The van der Waals surface area contributed by atoms with E-state index in [0.29, 0.717) is 8.88 Å². The maximum atomic E-state index is 10.7. The van der Waals surface area contributed by atoms with Gasteiger partial charge in [0, 0.05) is 0 Å². The van der Waals surface area contributed by atoms with Gasteiger partial charge in [0.15, 0.2) is 0 Å². The van der Waals surface area contributed by atoms with Crippen molar-refractivity contribution in [2.24, 2.45) is 4.52 Å². The van der Waals surface area contributed by atoms with Crippen LogP contribution in [0.25, 0.3) is 0 Å². The average molecular weight is 262 g/mol. The van der Waals surface area contributed by atoms with E-state index >= 15 is 0 Å². The Bertz CT molecular complexity index is 134. The van der Waals surface area contributed by atoms with Crippen molar-refractivity contribution in [1.82, 2.24) is 4.86 Å². The first-order valence-electron chi connectivity index (χ1n) is 2.40. The standard InChI is InChI=1S/C2HF5O.H5N2P3/c3-1(4,5)2(6,7)8;3-1-5-2-4/h8H;1,4-5H,3H2. The third-order valence-corrected chi connectivity index (χ3v) is 1.43. The van der Waals surface area contributed by atoms with Gasteiger partial charge >= 0.3 is 12.3 Å². The molecule has 0 fully saturated rings. The molecule has 0 aromatic carbocycles. The number of nitrogens with zero attached hydrogens (tertiary/aromatic N) is 1. The van der Waals surface area contributed by atoms with Gasteiger partial charge in [-0.2, -0.15) is 22.0 Å². The second kappa shape index (κ2) is 6.91. The first-order chi connectivity index (χ1) is 5.66. The molecule has 2 atom stereocenters. The fraction of sp³-hybridized carbons (Fsp3) is 1.00. The van der Waals surface area contributed by atoms with E-state index in [1.807, 2.05) is 0 Å². The maximum absolute atomic E-state index is 10.7. The Morgan fingerprint density at radius 1 is 1.31 bits per heavy atom. The molecule has 0 bridgehead atoms. The van der Waals surface area contributed by atoms with Crippen molar-refractivity contribution in [1.29, 1.82) is 0 Å². The molecule has 0 radical (unpaired) electrons. The summed E-state index contributed by atoms with van der Waals surface area (Å²) < 4.78 is 56.6. The number of halogens is 5. The number of alkyl halides is 5. The predicted octanol–water partition coefficient (Wildman–Crippen LogP) is 2.33. The molecule has 2 N–H and O–H groups in total. The molecule has 0 aliphatic carbocycles. The normalized spacial score (nSPS) is 12.5. The zero-order valence-electron chi connectivity index (χ0n) is 5.86. The predicted molar refractivity (Wildman–Crippen MR) is 45.1 cm³/mol. The molecule has 0 saturated carbocycles. The molecule has 13 heavy (non-hydrogen) atoms. The molecule has 0 amide bonds. The van der Waals surface area contributed by atoms with Crippen LogP contribution in [-0.4, -0.2) is 17.4 Å². The van der Waals surface area contributed by atoms with E-state index in [2.05, 4.69) is 27.8 Å². The fourth-order valence-corrected chi connectivity index (χ4v) is 0.871. The average Bonchev–Trinajstić information content (AvgIpc) is 1.85. The van der Waals surface area contributed by atoms with Gasteiger partial charge in [-0.05, 0) is 9.03 Å². The van der Waals surface area contributed by atoms with Gasteiger partial charge in [0.25, 0.3) is 0 Å². The summed E-state index contributed by atoms with van der Waals surface area (Å²) in [4.78, 5) is 2.75. The lowest BCUT2D eigenvalue weighted by atomic mass is 10.6. The lowest BCUT2D eigenvalue weighted by Crippen LogP contribution is -2.35. The van der Waals surface area contributed by atoms with Gasteiger partial charge in [-0.25, -0.2) is 4.52 Å². The van der Waals surface area contributed by atoms with Crippen LogP contribution in [0.1, 0.15) is 0 Å². The highest BCUT2D eigenvalue weighted by atomic mass is 31.1. The van der Waals surface area contributed by atoms with Crippen LogP contribution in [0.15, 0.2) is 4.52 Å². The Morgan fingerprint density at radius 3 is 1.62 bits per heavy atom. The summed E-state index contributed by atoms with van der Waals surface area (Å²) in [7, 11) is 5.70. The van der Waals surface area contributed by atoms with Crippen LogP contribution in [0.2, 0.25) is 0 Å². The molecular weight excluding hydrogens is 256 g/mol. The van der Waals surface area contributed by atoms with Crippen LogP contribution < -0.4 is 4.86 Å². The van der Waals surface area contributed by atoms with Crippen LogP contribution >= 0.6 is 27.3 Å². The van der Waals surface area contributed by atoms with E-state index in [1.165, 1.54) is 0 Å². The summed E-state index contributed by atoms with van der Waals surface area (Å²) in [5.41, 5.74) is 0. The van der Waals surface area contributed by atoms with Gasteiger partial charge in [-0.15, -0.1) is 0 Å². The van der Waals surface area contributed by atoms with E-state index in [9.17, 15) is 22.0 Å². The topological polar surface area (TPSA) is 44.6 Å². The Morgan fingerprint density at radius 2 is 1.62 bits per heavy atom. The van der Waals surface area contributed by atoms with E-state index in [-0.39, 0.29) is 0 Å². The van der Waals surface area contributed by atoms with Gasteiger partial charge in [-0.1, -0.05) is 9.39 Å². The first kappa shape index (κ1) is 16.0. The second-order valence-corrected chi connectivity index (χ2v) is 3.68. The van der Waals surface area contributed by atoms with Crippen LogP contribution in [0.5, 0.6) is 0 Å². The van der Waals surface area contributed by atoms with Gasteiger partial charge < -0.3 is 5.11 Å². The first-order valence-corrected chi connectivity index (χ1v) is 4.38. The highest BCUT2D eigenvalue weighted by molar-refractivity contribution is 7.46. The highest BCUT2D eigenvalue weighted by Gasteiger charge is 2.56. The summed E-state index contributed by atoms with van der Waals surface area (Å²) in [6.07, 6.45) is -11.4. The van der Waals surface area contributed by atoms with Crippen LogP contribution in [0.3, 0.4) is 0 Å². The van der Waals surface area contributed by atoms with E-state index < -0.39 is 12.3 Å². The molecule has 0 saturated heterocycles. The minimum absolute atomic E-state index is 0.449. The Hall–Kier alpha value is 0.530. The summed E-state index contributed by atoms with van der Waals surface area (Å²) in [6.45, 7) is 0. The fourth-order valence-electron chi connectivity index (χ4n) is 0.0323. The molecule has 11 heteroatoms. The molecule has 0 rings (SSSR count). The second-order valence-electron chi connectivity index (χ2n) is 1.41. The number of nitrogens with one attached hydrogen (secondary N) is 1. The Balaban J connectivity index is 0. The van der Waals surface area contributed by atoms with E-state index in [4.69, 9.17) is 5.11 Å². The van der Waals surface area contributed by atoms with Crippen molar-refractivity contribution in [2.75, 3.05) is 0 Å². The zero-order chi connectivity index (χ0) is 11.1. The smallest absolute Gasteiger partial charge is 0.329 e. The minimum Gasteiger partial charge on any atom is -0.329 e. The van der Waals surface area contributed by atoms with Gasteiger partial charge in [0.1, 0.15) is 0 Å². The lowest BCUT2D eigenvalue weighted by molar-refractivity contribution is -0.374. The van der Waals surface area contributed by atoms with E-state index in [1.54, 1.807) is 0 Å². The molecule has 2 unspecified atom stereocenters. The number of hydrogen-bond donors (Lipinski definition) is 2. The number of aliphatic hydroxyl groups is 1. The maximum Gasteiger partial charge on any atom is 0.482 e. The van der Waals surface area contributed by atoms with Crippen molar-refractivity contribution in [3.8, 4) is 0 Å². The third-order valence-electron chi connectivity index (χ3n) is 0.462. The molecule has 0 aromatic rings. The monoisotopic (exact) mass is 262 g/mol. The molecule has 0 aliphatic rings. The number of hydrogen-bond acceptors (Lipinski definition) is 3. The quantitative estimate of drug-likeness (QED) is 0.592. The summed E-state index contributed by atoms with van der Waals surface area (Å²) >= 11 is 0. The van der Waals surface area contributed by atoms with E-state index in [0.717, 1.165) is 0 Å². The third kappa shape index (κ3) is 10.5. The summed E-state index contributed by atoms with van der Waals surface area (Å²) in [5, 5.41) is 6.90. The largest absolute Gasteiger partial charge is 0.482 e. The van der Waals surface area contributed by atoms with Crippen molar-refractivity contribution in [3.05, 3.63) is 0 Å². The van der Waals surface area contributed by atoms with Crippen molar-refractivity contribution in [2.45, 2.75) is 12.3 Å². The summed E-state index contributed by atoms with van der Waals surface area (Å²) in [6, 6.07) is 0. The highest BCUT2D eigenvalue weighted by Crippen LogP contribution is 2.32. The van der Waals surface area contributed by atoms with Crippen LogP contribution in [0.4, 0.5) is 22.0 Å². The Labute approximate surface area is 76.9 Å². The van der Waals surface area contributed by atoms with Gasteiger partial charge in [-0.3, -0.25) is 4.86 Å². The minimum atomic E-state index is -5.84. The SMILES string of the molecule is OC(F)(F)C(F)(F)F.P=NPNP. The lowest BCUT2D eigenvalue weighted by Gasteiger charge is -2.10. The zero-order valence-corrected chi connectivity index (χ0v) is 9.02. The molecule has 0 aliphatic heterocycles. The molecular formula is C2H6F5N2OP3. The van der Waals surface area contributed by atoms with Crippen molar-refractivity contribution in [3.63, 3.8) is 0 Å². The molecule has 0 spiro atoms. The molecule has 3 nitrogen and oxygen atoms in total. The summed E-state index contributed by atoms with van der Waals surface area (Å²) in [5.74, 6) is 0. The Kier molecular flexibility index (Phi) is 8.49. The van der Waals surface area contributed by atoms with Crippen molar-refractivity contribution < 1.29 is 27.1 Å². The molecule has 0 heterocycles. The van der Waals surface area contributed by atoms with Crippen molar-refractivity contribution >= 4 is 27.3 Å². The van der Waals surface area contributed by atoms with Crippen LogP contribution in [-0.2, 0) is 0 Å². The van der Waals surface area contributed by atoms with Gasteiger partial charge in [0.05, 0.1) is 8.88 Å². The molecule has 80 valence electrons.